The Morgan fingerprint density at radius 2 is 1.91 bits per heavy atom. The van der Waals surface area contributed by atoms with Gasteiger partial charge in [-0.25, -0.2) is 18.6 Å². The lowest BCUT2D eigenvalue weighted by Gasteiger charge is -2.11. The second kappa shape index (κ2) is 7.13. The number of nitrogens with zero attached hydrogens (tertiary/aromatic N) is 1. The molecule has 1 heterocycles. The molecule has 0 spiro atoms. The van der Waals surface area contributed by atoms with Gasteiger partial charge in [0.25, 0.3) is 0 Å². The third kappa shape index (κ3) is 3.30. The number of hydrogen-bond donors (Lipinski definition) is 0. The fourth-order valence-corrected chi connectivity index (χ4v) is 1.94. The van der Waals surface area contributed by atoms with Crippen molar-refractivity contribution in [2.75, 3.05) is 27.4 Å². The van der Waals surface area contributed by atoms with Crippen LogP contribution in [0.4, 0.5) is 8.78 Å². The van der Waals surface area contributed by atoms with Crippen LogP contribution < -0.4 is 4.74 Å². The maximum absolute atomic E-state index is 14.0. The zero-order valence-electron chi connectivity index (χ0n) is 12.2. The van der Waals surface area contributed by atoms with Crippen molar-refractivity contribution in [2.24, 2.45) is 0 Å². The van der Waals surface area contributed by atoms with Gasteiger partial charge in [-0.15, -0.1) is 0 Å². The number of carbonyl (C=O) groups is 1. The minimum absolute atomic E-state index is 0.0403. The normalized spacial score (nSPS) is 10.7. The van der Waals surface area contributed by atoms with E-state index in [2.05, 4.69) is 9.72 Å². The predicted molar refractivity (Wildman–Crippen MR) is 75.0 cm³/mol. The van der Waals surface area contributed by atoms with E-state index in [1.165, 1.54) is 13.2 Å². The summed E-state index contributed by atoms with van der Waals surface area (Å²) >= 11 is 0. The zero-order chi connectivity index (χ0) is 16.1. The lowest BCUT2D eigenvalue weighted by molar-refractivity contribution is 0.0594. The highest BCUT2D eigenvalue weighted by atomic mass is 19.1. The largest absolute Gasteiger partial charge is 0.493 e. The number of methoxy groups -OCH3 is 2. The van der Waals surface area contributed by atoms with Gasteiger partial charge in [-0.05, 0) is 12.1 Å². The Morgan fingerprint density at radius 3 is 2.59 bits per heavy atom. The van der Waals surface area contributed by atoms with E-state index < -0.39 is 17.6 Å². The molecule has 2 aromatic rings. The smallest absolute Gasteiger partial charge is 0.356 e. The first kappa shape index (κ1) is 16.1. The molecule has 0 unspecified atom stereocenters. The third-order valence-corrected chi connectivity index (χ3v) is 2.97. The van der Waals surface area contributed by atoms with E-state index in [-0.39, 0.29) is 29.0 Å². The number of esters is 1. The molecule has 0 N–H and O–H groups in total. The Labute approximate surface area is 125 Å². The lowest BCUT2D eigenvalue weighted by atomic mass is 10.1. The second-order valence-electron chi connectivity index (χ2n) is 4.44. The van der Waals surface area contributed by atoms with Gasteiger partial charge in [0.05, 0.1) is 19.1 Å². The van der Waals surface area contributed by atoms with Crippen LogP contribution >= 0.6 is 0 Å². The Bertz CT molecular complexity index is 691. The molecule has 22 heavy (non-hydrogen) atoms. The second-order valence-corrected chi connectivity index (χ2v) is 4.44. The molecule has 0 aliphatic rings. The average Bonchev–Trinajstić information content (AvgIpc) is 2.53. The molecule has 0 radical (unpaired) electrons. The highest BCUT2D eigenvalue weighted by Crippen LogP contribution is 2.30. The Hall–Kier alpha value is -2.28. The number of ether oxygens (including phenoxy) is 3. The predicted octanol–water partition coefficient (Wildman–Crippen LogP) is 2.71. The van der Waals surface area contributed by atoms with Crippen molar-refractivity contribution in [1.82, 2.24) is 4.98 Å². The molecule has 5 nitrogen and oxygen atoms in total. The minimum atomic E-state index is -0.757. The topological polar surface area (TPSA) is 57.7 Å². The molecule has 1 aromatic heterocycles. The molecular weight excluding hydrogens is 296 g/mol. The molecule has 0 saturated carbocycles. The van der Waals surface area contributed by atoms with E-state index in [0.29, 0.717) is 13.0 Å². The summed E-state index contributed by atoms with van der Waals surface area (Å²) in [5.41, 5.74) is -0.425. The molecule has 1 aromatic carbocycles. The van der Waals surface area contributed by atoms with Crippen LogP contribution in [0.25, 0.3) is 10.9 Å². The number of pyridine rings is 1. The Balaban J connectivity index is 2.50. The fraction of sp³-hybridized carbons (Fsp3) is 0.333. The van der Waals surface area contributed by atoms with Gasteiger partial charge in [0.1, 0.15) is 22.9 Å². The van der Waals surface area contributed by atoms with E-state index in [9.17, 15) is 13.6 Å². The molecule has 0 aliphatic heterocycles. The standard InChI is InChI=1S/C15H15F2NO4/c1-20-6-3-7-22-12-8-11(15(19)21-2)18-14-10(17)5-4-9(16)13(12)14/h4-5,8H,3,6-7H2,1-2H3. The molecule has 0 fully saturated rings. The first-order valence-corrected chi connectivity index (χ1v) is 6.57. The number of benzene rings is 1. The number of hydrogen-bond acceptors (Lipinski definition) is 5. The number of rotatable bonds is 6. The van der Waals surface area contributed by atoms with Gasteiger partial charge in [-0.3, -0.25) is 0 Å². The van der Waals surface area contributed by atoms with E-state index >= 15 is 0 Å². The maximum Gasteiger partial charge on any atom is 0.356 e. The molecule has 0 atom stereocenters. The molecule has 7 heteroatoms. The van der Waals surface area contributed by atoms with Crippen molar-refractivity contribution in [1.29, 1.82) is 0 Å². The highest BCUT2D eigenvalue weighted by Gasteiger charge is 2.18. The van der Waals surface area contributed by atoms with Gasteiger partial charge < -0.3 is 14.2 Å². The van der Waals surface area contributed by atoms with Crippen molar-refractivity contribution in [3.05, 3.63) is 35.5 Å². The van der Waals surface area contributed by atoms with Crippen molar-refractivity contribution in [2.45, 2.75) is 6.42 Å². The van der Waals surface area contributed by atoms with Crippen molar-refractivity contribution in [3.8, 4) is 5.75 Å². The molecule has 0 amide bonds. The monoisotopic (exact) mass is 311 g/mol. The maximum atomic E-state index is 14.0. The summed E-state index contributed by atoms with van der Waals surface area (Å²) in [6, 6.07) is 3.17. The van der Waals surface area contributed by atoms with Gasteiger partial charge in [0, 0.05) is 26.2 Å². The van der Waals surface area contributed by atoms with Crippen LogP contribution in [-0.2, 0) is 9.47 Å². The summed E-state index contributed by atoms with van der Waals surface area (Å²) in [5.74, 6) is -2.14. The Kier molecular flexibility index (Phi) is 5.21. The summed E-state index contributed by atoms with van der Waals surface area (Å²) in [6.45, 7) is 0.688. The van der Waals surface area contributed by atoms with Gasteiger partial charge in [0.15, 0.2) is 5.69 Å². The van der Waals surface area contributed by atoms with E-state index in [1.54, 1.807) is 7.11 Å². The molecular formula is C15H15F2NO4. The molecule has 0 bridgehead atoms. The van der Waals surface area contributed by atoms with Crippen LogP contribution in [0.5, 0.6) is 5.75 Å². The van der Waals surface area contributed by atoms with Crippen molar-refractivity contribution < 1.29 is 27.8 Å². The van der Waals surface area contributed by atoms with E-state index in [1.807, 2.05) is 0 Å². The lowest BCUT2D eigenvalue weighted by Crippen LogP contribution is -2.08. The summed E-state index contributed by atoms with van der Waals surface area (Å²) < 4.78 is 42.8. The zero-order valence-corrected chi connectivity index (χ0v) is 12.2. The molecule has 2 rings (SSSR count). The first-order chi connectivity index (χ1) is 10.6. The quantitative estimate of drug-likeness (QED) is 0.606. The number of halogens is 2. The first-order valence-electron chi connectivity index (χ1n) is 6.57. The summed E-state index contributed by atoms with van der Waals surface area (Å²) in [5, 5.41) is -0.106. The van der Waals surface area contributed by atoms with Gasteiger partial charge in [-0.1, -0.05) is 0 Å². The van der Waals surface area contributed by atoms with E-state index in [0.717, 1.165) is 12.1 Å². The van der Waals surface area contributed by atoms with Crippen LogP contribution in [-0.4, -0.2) is 38.4 Å². The number of aromatic nitrogens is 1. The SMILES string of the molecule is COCCCOc1cc(C(=O)OC)nc2c(F)ccc(F)c12. The van der Waals surface area contributed by atoms with Gasteiger partial charge >= 0.3 is 5.97 Å². The minimum Gasteiger partial charge on any atom is -0.493 e. The van der Waals surface area contributed by atoms with Crippen LogP contribution in [0.3, 0.4) is 0 Å². The van der Waals surface area contributed by atoms with Crippen LogP contribution in [0, 0.1) is 11.6 Å². The molecule has 0 saturated heterocycles. The number of fused-ring (bicyclic) bond motifs is 1. The molecule has 0 aliphatic carbocycles. The van der Waals surface area contributed by atoms with Crippen LogP contribution in [0.15, 0.2) is 18.2 Å². The third-order valence-electron chi connectivity index (χ3n) is 2.97. The average molecular weight is 311 g/mol. The van der Waals surface area contributed by atoms with Crippen LogP contribution in [0.2, 0.25) is 0 Å². The van der Waals surface area contributed by atoms with Crippen molar-refractivity contribution in [3.63, 3.8) is 0 Å². The fourth-order valence-electron chi connectivity index (χ4n) is 1.94. The summed E-state index contributed by atoms with van der Waals surface area (Å²) in [7, 11) is 2.72. The Morgan fingerprint density at radius 1 is 1.18 bits per heavy atom. The van der Waals surface area contributed by atoms with Crippen molar-refractivity contribution >= 4 is 16.9 Å². The number of carbonyl (C=O) groups excluding carboxylic acids is 1. The van der Waals surface area contributed by atoms with E-state index in [4.69, 9.17) is 9.47 Å². The highest BCUT2D eigenvalue weighted by molar-refractivity contribution is 5.94. The molecule has 118 valence electrons. The van der Waals surface area contributed by atoms with Gasteiger partial charge in [0.2, 0.25) is 0 Å². The summed E-state index contributed by atoms with van der Waals surface area (Å²) in [6.07, 6.45) is 0.560. The summed E-state index contributed by atoms with van der Waals surface area (Å²) in [4.78, 5) is 15.4. The van der Waals surface area contributed by atoms with Crippen LogP contribution in [0.1, 0.15) is 16.9 Å². The van der Waals surface area contributed by atoms with Gasteiger partial charge in [-0.2, -0.15) is 0 Å².